The molecule has 29 heavy (non-hydrogen) atoms. The fourth-order valence-corrected chi connectivity index (χ4v) is 4.15. The second-order valence-electron chi connectivity index (χ2n) is 6.60. The summed E-state index contributed by atoms with van der Waals surface area (Å²) in [4.78, 5) is 19.5. The predicted molar refractivity (Wildman–Crippen MR) is 106 cm³/mol. The van der Waals surface area contributed by atoms with Crippen molar-refractivity contribution in [2.75, 3.05) is 0 Å². The van der Waals surface area contributed by atoms with E-state index in [0.717, 1.165) is 40.0 Å². The maximum atomic E-state index is 14.0. The Morgan fingerprint density at radius 1 is 0.966 bits per heavy atom. The van der Waals surface area contributed by atoms with Crippen molar-refractivity contribution in [1.82, 2.24) is 9.97 Å². The van der Waals surface area contributed by atoms with Gasteiger partial charge >= 0.3 is 0 Å². The minimum atomic E-state index is -1.26. The van der Waals surface area contributed by atoms with E-state index in [-0.39, 0.29) is 23.1 Å². The zero-order chi connectivity index (χ0) is 20.4. The van der Waals surface area contributed by atoms with E-state index >= 15 is 0 Å². The summed E-state index contributed by atoms with van der Waals surface area (Å²) in [5.74, 6) is -3.24. The summed E-state index contributed by atoms with van der Waals surface area (Å²) in [5, 5.41) is 0.447. The molecule has 4 rings (SSSR count). The Morgan fingerprint density at radius 2 is 1.76 bits per heavy atom. The lowest BCUT2D eigenvalue weighted by Crippen LogP contribution is -2.03. The second-order valence-corrected chi connectivity index (χ2v) is 7.68. The zero-order valence-corrected chi connectivity index (χ0v) is 16.0. The molecule has 2 heterocycles. The van der Waals surface area contributed by atoms with E-state index in [9.17, 15) is 18.0 Å². The summed E-state index contributed by atoms with van der Waals surface area (Å²) < 4.78 is 41.5. The number of aldehydes is 1. The molecule has 0 bridgehead atoms. The zero-order valence-electron chi connectivity index (χ0n) is 15.2. The van der Waals surface area contributed by atoms with E-state index in [2.05, 4.69) is 9.97 Å². The van der Waals surface area contributed by atoms with Gasteiger partial charge < -0.3 is 4.79 Å². The summed E-state index contributed by atoms with van der Waals surface area (Å²) in [7, 11) is 0. The smallest absolute Gasteiger partial charge is 0.186 e. The average molecular weight is 412 g/mol. The molecular formula is C22H15F3N2OS. The first-order valence-corrected chi connectivity index (χ1v) is 9.74. The number of carbonyl (C=O) groups is 1. The van der Waals surface area contributed by atoms with Crippen LogP contribution in [0.4, 0.5) is 13.2 Å². The van der Waals surface area contributed by atoms with E-state index in [4.69, 9.17) is 0 Å². The van der Waals surface area contributed by atoms with Crippen LogP contribution in [0.15, 0.2) is 48.7 Å². The van der Waals surface area contributed by atoms with E-state index in [0.29, 0.717) is 17.5 Å². The molecule has 0 fully saturated rings. The Morgan fingerprint density at radius 3 is 2.52 bits per heavy atom. The van der Waals surface area contributed by atoms with E-state index < -0.39 is 17.5 Å². The van der Waals surface area contributed by atoms with Crippen molar-refractivity contribution < 1.29 is 18.0 Å². The molecule has 0 radical (unpaired) electrons. The number of aromatic nitrogens is 2. The van der Waals surface area contributed by atoms with Gasteiger partial charge in [-0.25, -0.2) is 18.2 Å². The van der Waals surface area contributed by atoms with Crippen molar-refractivity contribution in [1.29, 1.82) is 0 Å². The van der Waals surface area contributed by atoms with Crippen LogP contribution < -0.4 is 0 Å². The van der Waals surface area contributed by atoms with E-state index in [1.54, 1.807) is 6.20 Å². The number of rotatable bonds is 6. The number of carbonyl (C=O) groups excluding carboxylic acids is 1. The first-order chi connectivity index (χ1) is 14.0. The fourth-order valence-electron chi connectivity index (χ4n) is 3.16. The average Bonchev–Trinajstić information content (AvgIpc) is 3.14. The second kappa shape index (κ2) is 8.13. The number of thiazole rings is 1. The minimum absolute atomic E-state index is 0.0134. The number of pyridine rings is 1. The molecule has 0 aliphatic carbocycles. The van der Waals surface area contributed by atoms with Gasteiger partial charge in [-0.05, 0) is 16.7 Å². The first kappa shape index (κ1) is 19.3. The van der Waals surface area contributed by atoms with Gasteiger partial charge in [-0.15, -0.1) is 11.3 Å². The molecule has 0 N–H and O–H groups in total. The molecule has 0 atom stereocenters. The van der Waals surface area contributed by atoms with Crippen LogP contribution in [0.2, 0.25) is 0 Å². The fraction of sp³-hybridized carbons (Fsp3) is 0.136. The SMILES string of the molecule is O=CCc1cnc(Cc2ccccc2)c(Cc2nc3c(F)c(F)cc(F)c3s2)c1. The summed E-state index contributed by atoms with van der Waals surface area (Å²) in [5.41, 5.74) is 3.11. The van der Waals surface area contributed by atoms with Gasteiger partial charge in [0.15, 0.2) is 11.6 Å². The third-order valence-corrected chi connectivity index (χ3v) is 5.61. The Balaban J connectivity index is 1.74. The third-order valence-electron chi connectivity index (χ3n) is 4.55. The number of hydrogen-bond acceptors (Lipinski definition) is 4. The molecule has 0 aliphatic heterocycles. The lowest BCUT2D eigenvalue weighted by Gasteiger charge is -2.09. The highest BCUT2D eigenvalue weighted by Crippen LogP contribution is 2.30. The number of nitrogens with zero attached hydrogens (tertiary/aromatic N) is 2. The highest BCUT2D eigenvalue weighted by Gasteiger charge is 2.18. The normalized spacial score (nSPS) is 11.1. The van der Waals surface area contributed by atoms with Crippen LogP contribution >= 0.6 is 11.3 Å². The van der Waals surface area contributed by atoms with Crippen molar-refractivity contribution in [3.8, 4) is 0 Å². The molecule has 0 amide bonds. The first-order valence-electron chi connectivity index (χ1n) is 8.92. The number of fused-ring (bicyclic) bond motifs is 1. The van der Waals surface area contributed by atoms with Crippen LogP contribution in [0.3, 0.4) is 0 Å². The summed E-state index contributed by atoms with van der Waals surface area (Å²) in [6.07, 6.45) is 3.52. The molecule has 146 valence electrons. The molecule has 0 spiro atoms. The van der Waals surface area contributed by atoms with Crippen molar-refractivity contribution >= 4 is 27.8 Å². The monoisotopic (exact) mass is 412 g/mol. The lowest BCUT2D eigenvalue weighted by atomic mass is 10.0. The van der Waals surface area contributed by atoms with Gasteiger partial charge in [0.05, 0.1) is 9.71 Å². The molecular weight excluding hydrogens is 397 g/mol. The van der Waals surface area contributed by atoms with Gasteiger partial charge in [0.25, 0.3) is 0 Å². The summed E-state index contributed by atoms with van der Waals surface area (Å²) in [6, 6.07) is 12.2. The van der Waals surface area contributed by atoms with Gasteiger partial charge in [-0.3, -0.25) is 4.98 Å². The standard InChI is InChI=1S/C22H15F3N2OS/c23-16-11-17(24)22-21(20(16)25)27-19(29-22)10-15-8-14(6-7-28)12-26-18(15)9-13-4-2-1-3-5-13/h1-5,7-8,11-12H,6,9-10H2. The number of benzene rings is 2. The van der Waals surface area contributed by atoms with Crippen molar-refractivity contribution in [3.63, 3.8) is 0 Å². The van der Waals surface area contributed by atoms with Crippen molar-refractivity contribution in [3.05, 3.63) is 93.5 Å². The van der Waals surface area contributed by atoms with Crippen LogP contribution in [0, 0.1) is 17.5 Å². The highest BCUT2D eigenvalue weighted by molar-refractivity contribution is 7.18. The molecule has 0 saturated carbocycles. The van der Waals surface area contributed by atoms with Gasteiger partial charge in [0, 0.05) is 37.2 Å². The molecule has 3 nitrogen and oxygen atoms in total. The number of hydrogen-bond donors (Lipinski definition) is 0. The Labute approximate surface area is 168 Å². The molecule has 4 aromatic rings. The summed E-state index contributed by atoms with van der Waals surface area (Å²) in [6.45, 7) is 0. The molecule has 7 heteroatoms. The maximum Gasteiger partial charge on any atom is 0.186 e. The third kappa shape index (κ3) is 4.05. The minimum Gasteiger partial charge on any atom is -0.303 e. The topological polar surface area (TPSA) is 42.9 Å². The molecule has 0 unspecified atom stereocenters. The Hall–Kier alpha value is -3.06. The Kier molecular flexibility index (Phi) is 5.40. The van der Waals surface area contributed by atoms with Crippen LogP contribution in [0.25, 0.3) is 10.2 Å². The molecule has 0 aliphatic rings. The largest absolute Gasteiger partial charge is 0.303 e. The lowest BCUT2D eigenvalue weighted by molar-refractivity contribution is -0.107. The Bertz CT molecular complexity index is 1190. The van der Waals surface area contributed by atoms with E-state index in [1.807, 2.05) is 36.4 Å². The van der Waals surface area contributed by atoms with Crippen molar-refractivity contribution in [2.45, 2.75) is 19.3 Å². The van der Waals surface area contributed by atoms with Gasteiger partial charge in [0.2, 0.25) is 0 Å². The number of halogens is 3. The van der Waals surface area contributed by atoms with Gasteiger partial charge in [0.1, 0.15) is 17.6 Å². The maximum absolute atomic E-state index is 14.0. The predicted octanol–water partition coefficient (Wildman–Crippen LogP) is 5.03. The van der Waals surface area contributed by atoms with Crippen molar-refractivity contribution in [2.24, 2.45) is 0 Å². The molecule has 2 aromatic carbocycles. The van der Waals surface area contributed by atoms with Crippen LogP contribution in [0.1, 0.15) is 27.4 Å². The van der Waals surface area contributed by atoms with Crippen LogP contribution in [-0.4, -0.2) is 16.3 Å². The molecule has 0 saturated heterocycles. The molecule has 2 aromatic heterocycles. The van der Waals surface area contributed by atoms with Crippen LogP contribution in [0.5, 0.6) is 0 Å². The quantitative estimate of drug-likeness (QED) is 0.329. The summed E-state index contributed by atoms with van der Waals surface area (Å²) >= 11 is 0.986. The highest BCUT2D eigenvalue weighted by atomic mass is 32.1. The van der Waals surface area contributed by atoms with E-state index in [1.165, 1.54) is 0 Å². The van der Waals surface area contributed by atoms with Gasteiger partial charge in [-0.1, -0.05) is 36.4 Å². The van der Waals surface area contributed by atoms with Gasteiger partial charge in [-0.2, -0.15) is 0 Å². The van der Waals surface area contributed by atoms with Crippen LogP contribution in [-0.2, 0) is 24.1 Å².